The summed E-state index contributed by atoms with van der Waals surface area (Å²) in [4.78, 5) is 23.7. The Morgan fingerprint density at radius 1 is 1.44 bits per heavy atom. The van der Waals surface area contributed by atoms with Gasteiger partial charge in [0.1, 0.15) is 5.41 Å². The first kappa shape index (κ1) is 13.1. The van der Waals surface area contributed by atoms with Crippen molar-refractivity contribution < 1.29 is 19.4 Å². The van der Waals surface area contributed by atoms with Gasteiger partial charge < -0.3 is 15.2 Å². The Labute approximate surface area is 106 Å². The van der Waals surface area contributed by atoms with Crippen LogP contribution in [0.15, 0.2) is 12.2 Å². The van der Waals surface area contributed by atoms with Gasteiger partial charge in [0.15, 0.2) is 5.72 Å². The van der Waals surface area contributed by atoms with Gasteiger partial charge in [-0.1, -0.05) is 18.9 Å². The van der Waals surface area contributed by atoms with Gasteiger partial charge in [0.2, 0.25) is 5.91 Å². The fourth-order valence-electron chi connectivity index (χ4n) is 2.85. The Kier molecular flexibility index (Phi) is 3.43. The molecule has 2 N–H and O–H groups in total. The van der Waals surface area contributed by atoms with Crippen molar-refractivity contribution in [1.82, 2.24) is 5.32 Å². The van der Waals surface area contributed by atoms with Crippen LogP contribution in [0.5, 0.6) is 0 Å². The van der Waals surface area contributed by atoms with Crippen LogP contribution in [0.2, 0.25) is 0 Å². The molecule has 1 aliphatic carbocycles. The number of hydrogen-bond acceptors (Lipinski definition) is 4. The molecule has 18 heavy (non-hydrogen) atoms. The molecule has 1 fully saturated rings. The monoisotopic (exact) mass is 253 g/mol. The maximum atomic E-state index is 12.2. The summed E-state index contributed by atoms with van der Waals surface area (Å²) in [7, 11) is 0. The topological polar surface area (TPSA) is 75.6 Å². The normalized spacial score (nSPS) is 35.3. The lowest BCUT2D eigenvalue weighted by molar-refractivity contribution is -0.177. The van der Waals surface area contributed by atoms with Gasteiger partial charge in [0.25, 0.3) is 0 Å². The van der Waals surface area contributed by atoms with E-state index in [0.29, 0.717) is 12.8 Å². The van der Waals surface area contributed by atoms with E-state index in [9.17, 15) is 14.7 Å². The largest absolute Gasteiger partial charge is 0.465 e. The number of hydrogen-bond donors (Lipinski definition) is 2. The molecule has 0 radical (unpaired) electrons. The number of amides is 1. The molecular weight excluding hydrogens is 234 g/mol. The molecule has 0 bridgehead atoms. The van der Waals surface area contributed by atoms with Crippen LogP contribution in [0, 0.1) is 5.41 Å². The Morgan fingerprint density at radius 2 is 2.17 bits per heavy atom. The average Bonchev–Trinajstić information content (AvgIpc) is 2.48. The first-order valence-electron chi connectivity index (χ1n) is 6.45. The quantitative estimate of drug-likeness (QED) is 0.716. The molecule has 2 aliphatic rings. The van der Waals surface area contributed by atoms with Crippen molar-refractivity contribution in [2.75, 3.05) is 6.61 Å². The van der Waals surface area contributed by atoms with E-state index >= 15 is 0 Å². The molecule has 2 rings (SSSR count). The predicted molar refractivity (Wildman–Crippen MR) is 64.4 cm³/mol. The summed E-state index contributed by atoms with van der Waals surface area (Å²) < 4.78 is 5.10. The number of fused-ring (bicyclic) bond motifs is 1. The molecule has 5 heteroatoms. The lowest BCUT2D eigenvalue weighted by Gasteiger charge is -2.44. The number of esters is 1. The van der Waals surface area contributed by atoms with Crippen LogP contribution in [0.3, 0.4) is 0 Å². The lowest BCUT2D eigenvalue weighted by atomic mass is 9.71. The number of rotatable bonds is 2. The Hall–Kier alpha value is -1.36. The molecule has 1 saturated carbocycles. The summed E-state index contributed by atoms with van der Waals surface area (Å²) in [5, 5.41) is 13.2. The summed E-state index contributed by atoms with van der Waals surface area (Å²) in [5.74, 6) is -0.815. The SMILES string of the molecule is CCOC(=O)[C@@]12C=CC(=O)N[C@@]1(O)CCCCC2. The van der Waals surface area contributed by atoms with Crippen LogP contribution in [-0.2, 0) is 14.3 Å². The molecular formula is C13H19NO4. The zero-order valence-corrected chi connectivity index (χ0v) is 10.6. The minimum atomic E-state index is -1.51. The molecule has 5 nitrogen and oxygen atoms in total. The highest BCUT2D eigenvalue weighted by molar-refractivity contribution is 5.93. The molecule has 0 unspecified atom stereocenters. The fourth-order valence-corrected chi connectivity index (χ4v) is 2.85. The summed E-state index contributed by atoms with van der Waals surface area (Å²) in [5.41, 5.74) is -2.64. The van der Waals surface area contributed by atoms with Crippen molar-refractivity contribution in [3.05, 3.63) is 12.2 Å². The number of ether oxygens (including phenoxy) is 1. The van der Waals surface area contributed by atoms with Crippen LogP contribution in [0.1, 0.15) is 39.0 Å². The van der Waals surface area contributed by atoms with E-state index < -0.39 is 17.1 Å². The zero-order chi connectivity index (χ0) is 13.2. The van der Waals surface area contributed by atoms with Gasteiger partial charge in [0.05, 0.1) is 6.61 Å². The van der Waals surface area contributed by atoms with E-state index in [1.54, 1.807) is 6.92 Å². The van der Waals surface area contributed by atoms with E-state index in [1.165, 1.54) is 12.2 Å². The molecule has 0 aromatic rings. The molecule has 1 heterocycles. The highest BCUT2D eigenvalue weighted by Crippen LogP contribution is 2.45. The molecule has 100 valence electrons. The third-order valence-electron chi connectivity index (χ3n) is 3.84. The minimum absolute atomic E-state index is 0.262. The second kappa shape index (κ2) is 4.72. The predicted octanol–water partition coefficient (Wildman–Crippen LogP) is 0.875. The van der Waals surface area contributed by atoms with Crippen molar-refractivity contribution in [2.24, 2.45) is 5.41 Å². The van der Waals surface area contributed by atoms with Gasteiger partial charge in [-0.3, -0.25) is 9.59 Å². The van der Waals surface area contributed by atoms with Crippen LogP contribution in [0.25, 0.3) is 0 Å². The average molecular weight is 253 g/mol. The maximum absolute atomic E-state index is 12.2. The van der Waals surface area contributed by atoms with E-state index in [-0.39, 0.29) is 12.5 Å². The Morgan fingerprint density at radius 3 is 2.89 bits per heavy atom. The summed E-state index contributed by atoms with van der Waals surface area (Å²) in [6, 6.07) is 0. The first-order chi connectivity index (χ1) is 8.54. The second-order valence-electron chi connectivity index (χ2n) is 4.94. The van der Waals surface area contributed by atoms with Crippen LogP contribution in [0.4, 0.5) is 0 Å². The van der Waals surface area contributed by atoms with Crippen molar-refractivity contribution in [3.8, 4) is 0 Å². The smallest absolute Gasteiger partial charge is 0.320 e. The van der Waals surface area contributed by atoms with Gasteiger partial charge in [0, 0.05) is 6.08 Å². The highest BCUT2D eigenvalue weighted by Gasteiger charge is 2.57. The highest BCUT2D eigenvalue weighted by atomic mass is 16.5. The van der Waals surface area contributed by atoms with Crippen LogP contribution >= 0.6 is 0 Å². The Balaban J connectivity index is 2.43. The van der Waals surface area contributed by atoms with Gasteiger partial charge in [-0.15, -0.1) is 0 Å². The first-order valence-corrected chi connectivity index (χ1v) is 6.45. The molecule has 0 aromatic carbocycles. The number of carbonyl (C=O) groups is 2. The molecule has 0 aromatic heterocycles. The maximum Gasteiger partial charge on any atom is 0.320 e. The van der Waals surface area contributed by atoms with Gasteiger partial charge in [-0.05, 0) is 26.2 Å². The number of aliphatic hydroxyl groups is 1. The minimum Gasteiger partial charge on any atom is -0.465 e. The fraction of sp³-hybridized carbons (Fsp3) is 0.692. The number of nitrogens with one attached hydrogen (secondary N) is 1. The van der Waals surface area contributed by atoms with Crippen LogP contribution < -0.4 is 5.32 Å². The van der Waals surface area contributed by atoms with E-state index in [0.717, 1.165) is 19.3 Å². The molecule has 0 saturated heterocycles. The van der Waals surface area contributed by atoms with E-state index in [1.807, 2.05) is 0 Å². The van der Waals surface area contributed by atoms with Gasteiger partial charge >= 0.3 is 5.97 Å². The molecule has 0 spiro atoms. The van der Waals surface area contributed by atoms with Crippen molar-refractivity contribution in [2.45, 2.75) is 44.8 Å². The van der Waals surface area contributed by atoms with Crippen molar-refractivity contribution in [3.63, 3.8) is 0 Å². The summed E-state index contributed by atoms with van der Waals surface area (Å²) >= 11 is 0. The van der Waals surface area contributed by atoms with Crippen LogP contribution in [-0.4, -0.2) is 29.3 Å². The van der Waals surface area contributed by atoms with Gasteiger partial charge in [-0.25, -0.2) is 0 Å². The molecule has 1 aliphatic heterocycles. The third-order valence-corrected chi connectivity index (χ3v) is 3.84. The molecule has 2 atom stereocenters. The zero-order valence-electron chi connectivity index (χ0n) is 10.6. The Bertz CT molecular complexity index is 392. The standard InChI is InChI=1S/C13H19NO4/c1-2-18-11(16)12-7-4-3-5-8-13(12,17)14-10(15)6-9-12/h6,9,17H,2-5,7-8H2,1H3,(H,14,15)/t12-,13-/m1/s1. The number of carbonyl (C=O) groups excluding carboxylic acids is 2. The van der Waals surface area contributed by atoms with Crippen molar-refractivity contribution in [1.29, 1.82) is 0 Å². The lowest BCUT2D eigenvalue weighted by Crippen LogP contribution is -2.64. The summed E-state index contributed by atoms with van der Waals surface area (Å²) in [6.45, 7) is 1.99. The van der Waals surface area contributed by atoms with E-state index in [2.05, 4.69) is 5.32 Å². The summed E-state index contributed by atoms with van der Waals surface area (Å²) in [6.07, 6.45) is 6.27. The van der Waals surface area contributed by atoms with Crippen molar-refractivity contribution >= 4 is 11.9 Å². The molecule has 1 amide bonds. The third kappa shape index (κ3) is 1.92. The van der Waals surface area contributed by atoms with Gasteiger partial charge in [-0.2, -0.15) is 0 Å². The van der Waals surface area contributed by atoms with E-state index in [4.69, 9.17) is 4.74 Å². The second-order valence-corrected chi connectivity index (χ2v) is 4.94.